The summed E-state index contributed by atoms with van der Waals surface area (Å²) in [5, 5.41) is 8.84. The molecular formula is C50H100O4. The number of unbranched alkanes of at least 4 members (excludes halogenated alkanes) is 39. The molecule has 0 amide bonds. The summed E-state index contributed by atoms with van der Waals surface area (Å²) in [7, 11) is 1.47. The lowest BCUT2D eigenvalue weighted by molar-refractivity contribution is -0.142. The lowest BCUT2D eigenvalue weighted by atomic mass is 10.0. The van der Waals surface area contributed by atoms with Gasteiger partial charge in [0, 0.05) is 6.42 Å². The molecule has 54 heavy (non-hydrogen) atoms. The maximum atomic E-state index is 11.0. The van der Waals surface area contributed by atoms with E-state index >= 15 is 0 Å². The molecule has 0 aliphatic rings. The number of rotatable bonds is 44. The normalized spacial score (nSPS) is 11.7. The Hall–Kier alpha value is -1.06. The number of aliphatic carboxylic acids is 1. The van der Waals surface area contributed by atoms with Crippen LogP contribution in [0.5, 0.6) is 0 Å². The molecule has 0 saturated heterocycles. The zero-order chi connectivity index (χ0) is 39.8. The standard InChI is InChI=1S/2C25H50O2/c1-3-4-5-6-7-8-9-10-11-12-13-14-15-16-17-18-19-20-21-22-23-24-25(26)27-2;1-3-4-5-6-7-8-9-10-11-12-13-14-15-16-17-18-19-20-21-22-23-24(2)25(26)27/h3-24H2,1-2H3;24H,3-23H2,1-2H3,(H,26,27). The Morgan fingerprint density at radius 3 is 0.778 bits per heavy atom. The predicted octanol–water partition coefficient (Wildman–Crippen LogP) is 17.7. The summed E-state index contributed by atoms with van der Waals surface area (Å²) in [6, 6.07) is 0. The molecule has 0 aromatic rings. The third kappa shape index (κ3) is 50.9. The zero-order valence-electron chi connectivity index (χ0n) is 37.7. The fourth-order valence-electron chi connectivity index (χ4n) is 7.63. The number of esters is 1. The van der Waals surface area contributed by atoms with Crippen LogP contribution in [-0.2, 0) is 14.3 Å². The summed E-state index contributed by atoms with van der Waals surface area (Å²) >= 11 is 0. The van der Waals surface area contributed by atoms with Crippen molar-refractivity contribution in [3.8, 4) is 0 Å². The molecule has 0 aliphatic heterocycles. The van der Waals surface area contributed by atoms with Crippen LogP contribution in [0.3, 0.4) is 0 Å². The number of hydrogen-bond acceptors (Lipinski definition) is 3. The van der Waals surface area contributed by atoms with Gasteiger partial charge in [0.25, 0.3) is 0 Å². The van der Waals surface area contributed by atoms with Gasteiger partial charge < -0.3 is 9.84 Å². The largest absolute Gasteiger partial charge is 0.481 e. The number of carbonyl (C=O) groups excluding carboxylic acids is 1. The van der Waals surface area contributed by atoms with E-state index in [9.17, 15) is 9.59 Å². The van der Waals surface area contributed by atoms with Gasteiger partial charge in [-0.15, -0.1) is 0 Å². The molecule has 1 N–H and O–H groups in total. The van der Waals surface area contributed by atoms with Crippen LogP contribution < -0.4 is 0 Å². The lowest BCUT2D eigenvalue weighted by Crippen LogP contribution is -2.08. The minimum Gasteiger partial charge on any atom is -0.481 e. The Kier molecular flexibility index (Phi) is 50.9. The number of hydrogen-bond donors (Lipinski definition) is 1. The Morgan fingerprint density at radius 2 is 0.574 bits per heavy atom. The van der Waals surface area contributed by atoms with Gasteiger partial charge >= 0.3 is 11.9 Å². The zero-order valence-corrected chi connectivity index (χ0v) is 37.7. The van der Waals surface area contributed by atoms with Crippen molar-refractivity contribution < 1.29 is 19.4 Å². The SMILES string of the molecule is CCCCCCCCCCCCCCCCCCCCCCC(C)C(=O)O.CCCCCCCCCCCCCCCCCCCCCCCC(=O)OC. The number of methoxy groups -OCH3 is 1. The highest BCUT2D eigenvalue weighted by Gasteiger charge is 2.09. The van der Waals surface area contributed by atoms with E-state index in [1.807, 2.05) is 6.92 Å². The summed E-state index contributed by atoms with van der Waals surface area (Å²) in [6.07, 6.45) is 58.5. The first kappa shape index (κ1) is 55.0. The van der Waals surface area contributed by atoms with Crippen LogP contribution in [-0.4, -0.2) is 24.2 Å². The second kappa shape index (κ2) is 50.0. The number of carboxylic acid groups (broad SMARTS) is 1. The molecule has 324 valence electrons. The third-order valence-corrected chi connectivity index (χ3v) is 11.6. The van der Waals surface area contributed by atoms with Crippen LogP contribution in [0.2, 0.25) is 0 Å². The highest BCUT2D eigenvalue weighted by molar-refractivity contribution is 5.69. The highest BCUT2D eigenvalue weighted by atomic mass is 16.5. The van der Waals surface area contributed by atoms with Crippen LogP contribution in [0.1, 0.15) is 297 Å². The van der Waals surface area contributed by atoms with E-state index in [1.54, 1.807) is 0 Å². The van der Waals surface area contributed by atoms with Crippen LogP contribution in [0, 0.1) is 5.92 Å². The summed E-state index contributed by atoms with van der Waals surface area (Å²) in [6.45, 7) is 6.40. The monoisotopic (exact) mass is 765 g/mol. The van der Waals surface area contributed by atoms with Crippen molar-refractivity contribution in [1.29, 1.82) is 0 Å². The fourth-order valence-corrected chi connectivity index (χ4v) is 7.63. The summed E-state index contributed by atoms with van der Waals surface area (Å²) in [4.78, 5) is 21.7. The fraction of sp³-hybridized carbons (Fsp3) is 0.960. The van der Waals surface area contributed by atoms with Crippen LogP contribution in [0.4, 0.5) is 0 Å². The second-order valence-electron chi connectivity index (χ2n) is 17.1. The third-order valence-electron chi connectivity index (χ3n) is 11.6. The number of ether oxygens (including phenoxy) is 1. The van der Waals surface area contributed by atoms with Gasteiger partial charge in [0.15, 0.2) is 0 Å². The first-order chi connectivity index (χ1) is 26.5. The Bertz CT molecular complexity index is 705. The summed E-state index contributed by atoms with van der Waals surface area (Å²) < 4.78 is 4.66. The first-order valence-corrected chi connectivity index (χ1v) is 24.8. The van der Waals surface area contributed by atoms with E-state index in [0.717, 1.165) is 19.3 Å². The van der Waals surface area contributed by atoms with E-state index in [-0.39, 0.29) is 11.9 Å². The van der Waals surface area contributed by atoms with Crippen molar-refractivity contribution in [2.45, 2.75) is 297 Å². The number of carboxylic acids is 1. The Morgan fingerprint density at radius 1 is 0.370 bits per heavy atom. The lowest BCUT2D eigenvalue weighted by Gasteiger charge is -2.06. The summed E-state index contributed by atoms with van der Waals surface area (Å²) in [5.41, 5.74) is 0. The van der Waals surface area contributed by atoms with Gasteiger partial charge in [-0.1, -0.05) is 278 Å². The average molecular weight is 765 g/mol. The van der Waals surface area contributed by atoms with Crippen LogP contribution >= 0.6 is 0 Å². The first-order valence-electron chi connectivity index (χ1n) is 24.8. The molecule has 0 bridgehead atoms. The molecular weight excluding hydrogens is 665 g/mol. The molecule has 0 fully saturated rings. The van der Waals surface area contributed by atoms with Gasteiger partial charge in [-0.3, -0.25) is 9.59 Å². The molecule has 1 atom stereocenters. The predicted molar refractivity (Wildman–Crippen MR) is 239 cm³/mol. The smallest absolute Gasteiger partial charge is 0.306 e. The quantitative estimate of drug-likeness (QED) is 0.0496. The van der Waals surface area contributed by atoms with Gasteiger partial charge in [-0.2, -0.15) is 0 Å². The summed E-state index contributed by atoms with van der Waals surface area (Å²) in [5.74, 6) is -0.874. The van der Waals surface area contributed by atoms with Crippen molar-refractivity contribution in [2.24, 2.45) is 5.92 Å². The minimum absolute atomic E-state index is 0.0622. The highest BCUT2D eigenvalue weighted by Crippen LogP contribution is 2.17. The molecule has 0 radical (unpaired) electrons. The second-order valence-corrected chi connectivity index (χ2v) is 17.1. The molecule has 4 heteroatoms. The van der Waals surface area contributed by atoms with Crippen LogP contribution in [0.15, 0.2) is 0 Å². The molecule has 0 spiro atoms. The molecule has 0 aromatic heterocycles. The number of carbonyl (C=O) groups is 2. The van der Waals surface area contributed by atoms with Crippen molar-refractivity contribution in [3.05, 3.63) is 0 Å². The molecule has 0 aromatic carbocycles. The average Bonchev–Trinajstić information content (AvgIpc) is 3.17. The van der Waals surface area contributed by atoms with Crippen LogP contribution in [0.25, 0.3) is 0 Å². The molecule has 0 rings (SSSR count). The van der Waals surface area contributed by atoms with Crippen molar-refractivity contribution in [2.75, 3.05) is 7.11 Å². The van der Waals surface area contributed by atoms with Gasteiger partial charge in [-0.05, 0) is 12.8 Å². The maximum Gasteiger partial charge on any atom is 0.306 e. The maximum absolute atomic E-state index is 11.0. The molecule has 0 saturated carbocycles. The molecule has 0 aliphatic carbocycles. The van der Waals surface area contributed by atoms with E-state index < -0.39 is 5.97 Å². The topological polar surface area (TPSA) is 63.6 Å². The van der Waals surface area contributed by atoms with Gasteiger partial charge in [0.05, 0.1) is 13.0 Å². The van der Waals surface area contributed by atoms with E-state index in [2.05, 4.69) is 18.6 Å². The van der Waals surface area contributed by atoms with Gasteiger partial charge in [0.1, 0.15) is 0 Å². The Labute approximate surface area is 340 Å². The molecule has 4 nitrogen and oxygen atoms in total. The molecule has 0 heterocycles. The van der Waals surface area contributed by atoms with E-state index in [0.29, 0.717) is 6.42 Å². The molecule has 1 unspecified atom stereocenters. The van der Waals surface area contributed by atoms with Crippen molar-refractivity contribution >= 4 is 11.9 Å². The van der Waals surface area contributed by atoms with E-state index in [4.69, 9.17) is 5.11 Å². The van der Waals surface area contributed by atoms with Crippen molar-refractivity contribution in [1.82, 2.24) is 0 Å². The van der Waals surface area contributed by atoms with E-state index in [1.165, 1.54) is 258 Å². The van der Waals surface area contributed by atoms with Crippen molar-refractivity contribution in [3.63, 3.8) is 0 Å². The van der Waals surface area contributed by atoms with Gasteiger partial charge in [0.2, 0.25) is 0 Å². The Balaban J connectivity index is 0. The minimum atomic E-state index is -0.646. The van der Waals surface area contributed by atoms with Gasteiger partial charge in [-0.25, -0.2) is 0 Å².